The van der Waals surface area contributed by atoms with Crippen LogP contribution in [0.4, 0.5) is 0 Å². The predicted molar refractivity (Wildman–Crippen MR) is 88.1 cm³/mol. The fraction of sp³-hybridized carbons (Fsp3) is 0.438. The van der Waals surface area contributed by atoms with E-state index in [9.17, 15) is 4.79 Å². The Balaban J connectivity index is 1.52. The van der Waals surface area contributed by atoms with Crippen LogP contribution in [0.15, 0.2) is 28.3 Å². The second-order valence-corrected chi connectivity index (χ2v) is 7.59. The summed E-state index contributed by atoms with van der Waals surface area (Å²) in [7, 11) is 0. The summed E-state index contributed by atoms with van der Waals surface area (Å²) in [5.74, 6) is 0.772. The van der Waals surface area contributed by atoms with Crippen molar-refractivity contribution < 1.29 is 4.79 Å². The third-order valence-electron chi connectivity index (χ3n) is 4.68. The summed E-state index contributed by atoms with van der Waals surface area (Å²) in [5.41, 5.74) is 2.22. The van der Waals surface area contributed by atoms with E-state index in [1.807, 2.05) is 5.38 Å². The number of hydrogen-bond acceptors (Lipinski definition) is 4. The lowest BCUT2D eigenvalue weighted by atomic mass is 9.84. The molecule has 0 unspecified atom stereocenters. The molecule has 1 atom stereocenters. The molecule has 0 spiro atoms. The van der Waals surface area contributed by atoms with Crippen molar-refractivity contribution in [2.75, 3.05) is 19.6 Å². The van der Waals surface area contributed by atoms with E-state index in [2.05, 4.69) is 33.1 Å². The fourth-order valence-electron chi connectivity index (χ4n) is 3.49. The van der Waals surface area contributed by atoms with Gasteiger partial charge in [-0.25, -0.2) is 0 Å². The van der Waals surface area contributed by atoms with E-state index >= 15 is 0 Å². The average Bonchev–Trinajstić information content (AvgIpc) is 3.19. The summed E-state index contributed by atoms with van der Waals surface area (Å²) in [5, 5.41) is 9.46. The minimum Gasteiger partial charge on any atom is -0.347 e. The van der Waals surface area contributed by atoms with Crippen molar-refractivity contribution in [2.45, 2.75) is 18.9 Å². The molecule has 1 N–H and O–H groups in total. The van der Waals surface area contributed by atoms with Gasteiger partial charge in [0.25, 0.3) is 5.91 Å². The molecule has 3 nitrogen and oxygen atoms in total. The molecule has 3 aliphatic heterocycles. The van der Waals surface area contributed by atoms with Gasteiger partial charge in [-0.15, -0.1) is 11.3 Å². The zero-order chi connectivity index (χ0) is 14.2. The minimum absolute atomic E-state index is 0.102. The van der Waals surface area contributed by atoms with Crippen LogP contribution >= 0.6 is 22.7 Å². The molecule has 5 heterocycles. The zero-order valence-electron chi connectivity index (χ0n) is 11.7. The Kier molecular flexibility index (Phi) is 3.57. The van der Waals surface area contributed by atoms with E-state index in [4.69, 9.17) is 0 Å². The molecule has 5 rings (SSSR count). The van der Waals surface area contributed by atoms with E-state index < -0.39 is 0 Å². The van der Waals surface area contributed by atoms with Crippen molar-refractivity contribution in [2.24, 2.45) is 5.92 Å². The summed E-state index contributed by atoms with van der Waals surface area (Å²) in [6.07, 6.45) is 2.46. The van der Waals surface area contributed by atoms with Gasteiger partial charge in [0.1, 0.15) is 0 Å². The SMILES string of the molecule is O=C(N[C@H]1CN2CCC1CC2)c1sccc1-c1ccsc1. The lowest BCUT2D eigenvalue weighted by Gasteiger charge is -2.44. The van der Waals surface area contributed by atoms with Crippen molar-refractivity contribution in [1.82, 2.24) is 10.2 Å². The van der Waals surface area contributed by atoms with Crippen molar-refractivity contribution in [3.63, 3.8) is 0 Å². The molecule has 21 heavy (non-hydrogen) atoms. The Hall–Kier alpha value is -1.17. The number of amides is 1. The maximum Gasteiger partial charge on any atom is 0.262 e. The van der Waals surface area contributed by atoms with Gasteiger partial charge in [0.2, 0.25) is 0 Å². The first-order valence-corrected chi connectivity index (χ1v) is 9.27. The largest absolute Gasteiger partial charge is 0.347 e. The van der Waals surface area contributed by atoms with E-state index in [0.717, 1.165) is 22.5 Å². The molecule has 1 amide bonds. The number of piperidine rings is 3. The second-order valence-electron chi connectivity index (χ2n) is 5.89. The molecule has 0 aliphatic carbocycles. The third-order valence-corrected chi connectivity index (χ3v) is 6.27. The van der Waals surface area contributed by atoms with Gasteiger partial charge in [0.05, 0.1) is 4.88 Å². The van der Waals surface area contributed by atoms with Gasteiger partial charge >= 0.3 is 0 Å². The second kappa shape index (κ2) is 5.55. The summed E-state index contributed by atoms with van der Waals surface area (Å²) >= 11 is 3.21. The van der Waals surface area contributed by atoms with Crippen molar-refractivity contribution in [3.05, 3.63) is 33.2 Å². The number of rotatable bonds is 3. The van der Waals surface area contributed by atoms with E-state index in [0.29, 0.717) is 12.0 Å². The molecule has 110 valence electrons. The van der Waals surface area contributed by atoms with Crippen LogP contribution in [0.2, 0.25) is 0 Å². The quantitative estimate of drug-likeness (QED) is 0.942. The van der Waals surface area contributed by atoms with E-state index in [-0.39, 0.29) is 5.91 Å². The lowest BCUT2D eigenvalue weighted by Crippen LogP contribution is -2.57. The highest BCUT2D eigenvalue weighted by Gasteiger charge is 2.35. The van der Waals surface area contributed by atoms with Gasteiger partial charge in [-0.2, -0.15) is 11.3 Å². The number of nitrogens with zero attached hydrogens (tertiary/aromatic N) is 1. The molecule has 3 saturated heterocycles. The number of carbonyl (C=O) groups is 1. The van der Waals surface area contributed by atoms with Crippen LogP contribution in [0.5, 0.6) is 0 Å². The Bertz CT molecular complexity index is 627. The van der Waals surface area contributed by atoms with Crippen molar-refractivity contribution in [1.29, 1.82) is 0 Å². The Morgan fingerprint density at radius 2 is 2.10 bits per heavy atom. The van der Waals surface area contributed by atoms with Gasteiger partial charge in [-0.1, -0.05) is 0 Å². The molecule has 2 aromatic rings. The van der Waals surface area contributed by atoms with Crippen molar-refractivity contribution >= 4 is 28.6 Å². The van der Waals surface area contributed by atoms with Crippen LogP contribution in [0.25, 0.3) is 11.1 Å². The molecular formula is C16H18N2OS2. The fourth-order valence-corrected chi connectivity index (χ4v) is 4.97. The Labute approximate surface area is 132 Å². The standard InChI is InChI=1S/C16H18N2OS2/c19-16(17-14-9-18-5-1-11(14)2-6-18)15-13(4-8-21-15)12-3-7-20-10-12/h3-4,7-8,10-11,14H,1-2,5-6,9H2,(H,17,19)/t14-/m0/s1. The summed E-state index contributed by atoms with van der Waals surface area (Å²) in [4.78, 5) is 16.0. The molecule has 0 radical (unpaired) electrons. The number of thiophene rings is 2. The van der Waals surface area contributed by atoms with Crippen LogP contribution in [0, 0.1) is 5.92 Å². The molecule has 2 bridgehead atoms. The first kappa shape index (κ1) is 13.5. The summed E-state index contributed by atoms with van der Waals surface area (Å²) in [6, 6.07) is 4.47. The summed E-state index contributed by atoms with van der Waals surface area (Å²) < 4.78 is 0. The lowest BCUT2D eigenvalue weighted by molar-refractivity contribution is 0.0623. The van der Waals surface area contributed by atoms with Gasteiger partial charge < -0.3 is 10.2 Å². The maximum absolute atomic E-state index is 12.7. The monoisotopic (exact) mass is 318 g/mol. The molecular weight excluding hydrogens is 300 g/mol. The predicted octanol–water partition coefficient (Wildman–Crippen LogP) is 3.30. The topological polar surface area (TPSA) is 32.3 Å². The van der Waals surface area contributed by atoms with E-state index in [1.165, 1.54) is 25.9 Å². The van der Waals surface area contributed by atoms with Gasteiger partial charge in [-0.3, -0.25) is 4.79 Å². The highest BCUT2D eigenvalue weighted by atomic mass is 32.1. The number of nitrogens with one attached hydrogen (secondary N) is 1. The first-order valence-electron chi connectivity index (χ1n) is 7.44. The number of carbonyl (C=O) groups excluding carboxylic acids is 1. The highest BCUT2D eigenvalue weighted by molar-refractivity contribution is 7.12. The number of fused-ring (bicyclic) bond motifs is 3. The Morgan fingerprint density at radius 3 is 2.76 bits per heavy atom. The van der Waals surface area contributed by atoms with Crippen LogP contribution in [0.3, 0.4) is 0 Å². The van der Waals surface area contributed by atoms with Gasteiger partial charge in [-0.05, 0) is 65.7 Å². The smallest absolute Gasteiger partial charge is 0.262 e. The molecule has 0 saturated carbocycles. The normalized spacial score (nSPS) is 27.7. The van der Waals surface area contributed by atoms with Gasteiger partial charge in [0, 0.05) is 18.2 Å². The number of hydrogen-bond donors (Lipinski definition) is 1. The molecule has 0 aromatic carbocycles. The third kappa shape index (κ3) is 2.54. The Morgan fingerprint density at radius 1 is 1.24 bits per heavy atom. The van der Waals surface area contributed by atoms with Crippen LogP contribution in [-0.2, 0) is 0 Å². The first-order chi connectivity index (χ1) is 10.3. The highest BCUT2D eigenvalue weighted by Crippen LogP contribution is 2.31. The van der Waals surface area contributed by atoms with Crippen LogP contribution < -0.4 is 5.32 Å². The average molecular weight is 318 g/mol. The minimum atomic E-state index is 0.102. The van der Waals surface area contributed by atoms with E-state index in [1.54, 1.807) is 22.7 Å². The van der Waals surface area contributed by atoms with Gasteiger partial charge in [0.15, 0.2) is 0 Å². The van der Waals surface area contributed by atoms with Crippen LogP contribution in [0.1, 0.15) is 22.5 Å². The molecule has 2 aromatic heterocycles. The maximum atomic E-state index is 12.7. The molecule has 3 aliphatic rings. The zero-order valence-corrected chi connectivity index (χ0v) is 13.4. The van der Waals surface area contributed by atoms with Crippen LogP contribution in [-0.4, -0.2) is 36.5 Å². The van der Waals surface area contributed by atoms with Crippen molar-refractivity contribution in [3.8, 4) is 11.1 Å². The molecule has 5 heteroatoms. The summed E-state index contributed by atoms with van der Waals surface area (Å²) in [6.45, 7) is 3.43. The molecule has 3 fully saturated rings.